The Morgan fingerprint density at radius 1 is 0.377 bits per heavy atom. The van der Waals surface area contributed by atoms with E-state index < -0.39 is 10.0 Å². The van der Waals surface area contributed by atoms with Crippen LogP contribution in [0.5, 0.6) is 0 Å². The van der Waals surface area contributed by atoms with Crippen molar-refractivity contribution in [1.29, 1.82) is 0 Å². The Balaban J connectivity index is 0.00000492. The number of hydrogen-bond donors (Lipinski definition) is 2. The van der Waals surface area contributed by atoms with E-state index in [4.69, 9.17) is 15.1 Å². The molecule has 2 aliphatic rings. The molecule has 3 N–H and O–H groups in total. The topological polar surface area (TPSA) is 107 Å². The summed E-state index contributed by atoms with van der Waals surface area (Å²) in [5, 5.41) is 10.1. The Labute approximate surface area is 412 Å². The first-order valence-corrected chi connectivity index (χ1v) is 24.1. The Kier molecular flexibility index (Phi) is 10.2. The third-order valence-electron chi connectivity index (χ3n) is 13.3. The van der Waals surface area contributed by atoms with Crippen LogP contribution in [0.3, 0.4) is 0 Å². The maximum absolute atomic E-state index is 15.0. The van der Waals surface area contributed by atoms with Gasteiger partial charge in [0, 0.05) is 86.6 Å². The van der Waals surface area contributed by atoms with Gasteiger partial charge in [0.05, 0.1) is 44.8 Å². The normalized spacial score (nSPS) is 11.8. The third kappa shape index (κ3) is 6.66. The summed E-state index contributed by atoms with van der Waals surface area (Å²) in [6.45, 7) is 0. The maximum atomic E-state index is 15.0. The van der Waals surface area contributed by atoms with Crippen molar-refractivity contribution >= 4 is 53.6 Å². The number of hydrogen-bond acceptors (Lipinski definition) is 4. The minimum atomic E-state index is -4.56. The summed E-state index contributed by atoms with van der Waals surface area (Å²) in [7, 11) is -4.56. The van der Waals surface area contributed by atoms with Crippen LogP contribution in [0, 0.1) is 0 Å². The molecule has 0 aliphatic carbocycles. The number of sulfonamides is 1. The Bertz CT molecular complexity index is 4160. The van der Waals surface area contributed by atoms with Crippen LogP contribution in [0.4, 0.5) is 0 Å². The number of H-pyrrole nitrogens is 1. The molecule has 332 valence electrons. The molecule has 13 rings (SSSR count). The van der Waals surface area contributed by atoms with Crippen LogP contribution < -0.4 is 5.14 Å². The average molecular weight is 1000 g/mol. The van der Waals surface area contributed by atoms with Crippen molar-refractivity contribution in [2.24, 2.45) is 5.14 Å². The molecule has 0 saturated carbocycles. The molecule has 0 atom stereocenters. The molecule has 0 saturated heterocycles. The summed E-state index contributed by atoms with van der Waals surface area (Å²) in [6, 6.07) is 73.6. The smallest absolute Gasteiger partial charge is 0.242 e. The number of fused-ring (bicyclic) bond motifs is 20. The first kappa shape index (κ1) is 42.3. The summed E-state index contributed by atoms with van der Waals surface area (Å²) in [6.07, 6.45) is 0. The fraction of sp³-hybridized carbons (Fsp3) is 0. The zero-order chi connectivity index (χ0) is 45.5. The van der Waals surface area contributed by atoms with Crippen molar-refractivity contribution < 1.29 is 28.8 Å². The Hall–Kier alpha value is -8.03. The molecular weight excluding hydrogens is 961 g/mol. The summed E-state index contributed by atoms with van der Waals surface area (Å²) >= 11 is 0. The van der Waals surface area contributed by atoms with Crippen molar-refractivity contribution in [3.63, 3.8) is 0 Å². The molecule has 3 aromatic heterocycles. The molecule has 5 heterocycles. The van der Waals surface area contributed by atoms with E-state index in [1.54, 1.807) is 0 Å². The second kappa shape index (κ2) is 16.6. The molecule has 11 aromatic rings. The predicted molar refractivity (Wildman–Crippen MR) is 278 cm³/mol. The number of aromatic amines is 1. The van der Waals surface area contributed by atoms with Gasteiger partial charge in [-0.05, 0) is 28.8 Å². The first-order chi connectivity index (χ1) is 33.4. The van der Waals surface area contributed by atoms with Gasteiger partial charge in [-0.1, -0.05) is 206 Å². The third-order valence-corrected chi connectivity index (χ3v) is 14.2. The van der Waals surface area contributed by atoms with Crippen molar-refractivity contribution in [3.05, 3.63) is 218 Å². The molecule has 8 bridgehead atoms. The number of nitrogens with one attached hydrogen (secondary N) is 1. The number of nitrogens with two attached hydrogens (primary N) is 1. The number of primary sulfonamides is 1. The molecule has 2 aliphatic heterocycles. The van der Waals surface area contributed by atoms with Crippen LogP contribution in [0.25, 0.3) is 128 Å². The largest absolute Gasteiger partial charge is 0.353 e. The number of nitrogens with zero attached hydrogens (tertiary/aromatic N) is 3. The fourth-order valence-corrected chi connectivity index (χ4v) is 11.4. The van der Waals surface area contributed by atoms with E-state index in [0.29, 0.717) is 22.2 Å². The van der Waals surface area contributed by atoms with Crippen LogP contribution in [-0.2, 0) is 30.4 Å². The van der Waals surface area contributed by atoms with E-state index in [-0.39, 0.29) is 31.0 Å². The van der Waals surface area contributed by atoms with Crippen molar-refractivity contribution in [2.75, 3.05) is 0 Å². The molecule has 69 heavy (non-hydrogen) atoms. The van der Waals surface area contributed by atoms with E-state index in [0.717, 1.165) is 99.9 Å². The van der Waals surface area contributed by atoms with Crippen LogP contribution in [0.2, 0.25) is 0 Å². The molecule has 8 aromatic carbocycles. The summed E-state index contributed by atoms with van der Waals surface area (Å²) in [5.74, 6) is 0. The van der Waals surface area contributed by atoms with Crippen LogP contribution in [0.1, 0.15) is 0 Å². The van der Waals surface area contributed by atoms with Gasteiger partial charge < -0.3 is 9.55 Å². The number of rotatable bonds is 5. The van der Waals surface area contributed by atoms with E-state index in [9.17, 15) is 8.42 Å². The predicted octanol–water partition coefficient (Wildman–Crippen LogP) is 14.4. The van der Waals surface area contributed by atoms with Crippen molar-refractivity contribution in [1.82, 2.24) is 19.5 Å². The monoisotopic (exact) mass is 999 g/mol. The van der Waals surface area contributed by atoms with Crippen LogP contribution in [0.15, 0.2) is 223 Å². The molecule has 7 nitrogen and oxygen atoms in total. The molecule has 0 unspecified atom stereocenters. The molecule has 0 spiro atoms. The molecular formula is C60H39N5O2PdS. The van der Waals surface area contributed by atoms with E-state index >= 15 is 0 Å². The van der Waals surface area contributed by atoms with E-state index in [1.807, 2.05) is 115 Å². The second-order valence-electron chi connectivity index (χ2n) is 17.1. The molecule has 0 radical (unpaired) electrons. The van der Waals surface area contributed by atoms with Gasteiger partial charge in [0.15, 0.2) is 0 Å². The minimum Gasteiger partial charge on any atom is -0.353 e. The van der Waals surface area contributed by atoms with Gasteiger partial charge in [-0.15, -0.1) is 0 Å². The van der Waals surface area contributed by atoms with Gasteiger partial charge >= 0.3 is 0 Å². The quantitative estimate of drug-likeness (QED) is 0.168. The zero-order valence-corrected chi connectivity index (χ0v) is 39.1. The van der Waals surface area contributed by atoms with Gasteiger partial charge in [-0.3, -0.25) is 0 Å². The van der Waals surface area contributed by atoms with Gasteiger partial charge in [-0.25, -0.2) is 23.5 Å². The number of benzene rings is 8. The van der Waals surface area contributed by atoms with Crippen molar-refractivity contribution in [2.45, 2.75) is 4.90 Å². The van der Waals surface area contributed by atoms with Crippen molar-refractivity contribution in [3.8, 4) is 84.1 Å². The maximum Gasteiger partial charge on any atom is 0.242 e. The number of aromatic nitrogens is 4. The standard InChI is InChI=1S/C60H39N5O2S.Pd/c61-68(66,67)60-57-46-34-18-17-33-45(46)55(64-57)50(38-23-7-2-8-24-38)53-42-30-14-13-29-41(42)52(62-53)49(37-21-5-1-6-22-37)54-43-31-15-16-32-44(43)56(63-54)51(39-25-9-3-10-26-39)58-47-35-19-20-36-48(47)59(60)65(58)40-27-11-4-12-28-40;/h1-36,62H,(H2,61,66,67);. The van der Waals surface area contributed by atoms with Gasteiger partial charge in [-0.2, -0.15) is 0 Å². The second-order valence-corrected chi connectivity index (χ2v) is 18.6. The summed E-state index contributed by atoms with van der Waals surface area (Å²) < 4.78 is 32.0. The summed E-state index contributed by atoms with van der Waals surface area (Å²) in [4.78, 5) is 15.4. The first-order valence-electron chi connectivity index (χ1n) is 22.5. The molecule has 9 heteroatoms. The summed E-state index contributed by atoms with van der Waals surface area (Å²) in [5.41, 5.74) is 14.8. The van der Waals surface area contributed by atoms with Gasteiger partial charge in [0.2, 0.25) is 10.0 Å². The minimum absolute atomic E-state index is 0. The number of para-hydroxylation sites is 1. The van der Waals surface area contributed by atoms with E-state index in [1.165, 1.54) is 0 Å². The molecule has 0 fully saturated rings. The molecule has 0 amide bonds. The van der Waals surface area contributed by atoms with Gasteiger partial charge in [0.25, 0.3) is 0 Å². The van der Waals surface area contributed by atoms with Crippen LogP contribution >= 0.6 is 0 Å². The Morgan fingerprint density at radius 2 is 0.710 bits per heavy atom. The van der Waals surface area contributed by atoms with Gasteiger partial charge in [0.1, 0.15) is 4.90 Å². The fourth-order valence-electron chi connectivity index (χ4n) is 10.5. The SMILES string of the molecule is NS(=O)(=O)c1c2nc(c(-c3ccccc3)c3[nH]c(c(-c4ccccc4)c4nc(c(-c5ccccc5)c5c6ccccc6c1n5-c1ccccc1)-c1ccccc1-4)c1ccccc31)-c1ccccc1-2.[Pd]. The zero-order valence-electron chi connectivity index (χ0n) is 36.7. The van der Waals surface area contributed by atoms with E-state index in [2.05, 4.69) is 113 Å². The Morgan fingerprint density at radius 3 is 1.16 bits per heavy atom. The van der Waals surface area contributed by atoms with Crippen LogP contribution in [-0.4, -0.2) is 27.9 Å². The average Bonchev–Trinajstić information content (AvgIpc) is 4.14.